The molecule has 4 N–H and O–H groups in total. The van der Waals surface area contributed by atoms with E-state index < -0.39 is 18.1 Å². The van der Waals surface area contributed by atoms with E-state index in [1.807, 2.05) is 0 Å². The molecule has 4 rings (SSSR count). The van der Waals surface area contributed by atoms with Crippen molar-refractivity contribution in [2.24, 2.45) is 11.8 Å². The summed E-state index contributed by atoms with van der Waals surface area (Å²) in [5, 5.41) is 21.5. The van der Waals surface area contributed by atoms with E-state index in [0.29, 0.717) is 31.0 Å². The first-order valence-corrected chi connectivity index (χ1v) is 10.8. The number of anilines is 1. The number of piperidine rings is 1. The highest BCUT2D eigenvalue weighted by atomic mass is 19.1. The van der Waals surface area contributed by atoms with Gasteiger partial charge in [-0.1, -0.05) is 25.0 Å². The number of benzene rings is 1. The molecule has 8 heteroatoms. The van der Waals surface area contributed by atoms with Gasteiger partial charge in [-0.3, -0.25) is 9.59 Å². The van der Waals surface area contributed by atoms with Crippen molar-refractivity contribution in [3.05, 3.63) is 29.6 Å². The number of carbonyl (C=O) groups is 2. The van der Waals surface area contributed by atoms with Crippen molar-refractivity contribution in [2.75, 3.05) is 18.4 Å². The zero-order valence-corrected chi connectivity index (χ0v) is 16.9. The normalized spacial score (nSPS) is 24.7. The number of nitrogens with zero attached hydrogens (tertiary/aromatic N) is 1. The fourth-order valence-corrected chi connectivity index (χ4v) is 4.37. The van der Waals surface area contributed by atoms with Crippen molar-refractivity contribution < 1.29 is 14.0 Å². The lowest BCUT2D eigenvalue weighted by molar-refractivity contribution is -0.130. The van der Waals surface area contributed by atoms with Crippen LogP contribution < -0.4 is 21.3 Å². The van der Waals surface area contributed by atoms with Gasteiger partial charge in [-0.25, -0.2) is 4.39 Å². The highest BCUT2D eigenvalue weighted by Gasteiger charge is 2.36. The molecule has 1 saturated carbocycles. The number of carbonyl (C=O) groups excluding carboxylic acids is 2. The Morgan fingerprint density at radius 2 is 2.10 bits per heavy atom. The van der Waals surface area contributed by atoms with E-state index in [2.05, 4.69) is 27.3 Å². The predicted octanol–water partition coefficient (Wildman–Crippen LogP) is 1.46. The molecule has 0 radical (unpaired) electrons. The van der Waals surface area contributed by atoms with Crippen LogP contribution in [0.25, 0.3) is 0 Å². The summed E-state index contributed by atoms with van der Waals surface area (Å²) in [6, 6.07) is 5.12. The lowest BCUT2D eigenvalue weighted by Crippen LogP contribution is -2.54. The lowest BCUT2D eigenvalue weighted by Gasteiger charge is -2.29. The number of nitrogens with one attached hydrogen (secondary N) is 4. The Hall–Kier alpha value is -2.66. The average molecular weight is 413 g/mol. The van der Waals surface area contributed by atoms with Crippen LogP contribution in [0.2, 0.25) is 0 Å². The summed E-state index contributed by atoms with van der Waals surface area (Å²) in [6.45, 7) is 1.63. The molecular formula is C22H28FN5O2. The average Bonchev–Trinajstić information content (AvgIpc) is 3.46. The Labute approximate surface area is 175 Å². The summed E-state index contributed by atoms with van der Waals surface area (Å²) in [4.78, 5) is 25.8. The van der Waals surface area contributed by atoms with Crippen molar-refractivity contribution in [1.82, 2.24) is 16.0 Å². The van der Waals surface area contributed by atoms with Crippen molar-refractivity contribution >= 4 is 17.5 Å². The minimum absolute atomic E-state index is 0.0685. The number of hydrogen-bond acceptors (Lipinski definition) is 5. The zero-order valence-electron chi connectivity index (χ0n) is 16.9. The van der Waals surface area contributed by atoms with Gasteiger partial charge in [0.2, 0.25) is 11.8 Å². The Morgan fingerprint density at radius 3 is 2.77 bits per heavy atom. The molecular weight excluding hydrogens is 385 g/mol. The molecule has 1 saturated heterocycles. The van der Waals surface area contributed by atoms with Gasteiger partial charge in [0.25, 0.3) is 0 Å². The van der Waals surface area contributed by atoms with Crippen LogP contribution in [-0.2, 0) is 16.0 Å². The summed E-state index contributed by atoms with van der Waals surface area (Å²) in [6.07, 6.45) is 4.91. The Kier molecular flexibility index (Phi) is 6.18. The van der Waals surface area contributed by atoms with Gasteiger partial charge in [-0.2, -0.15) is 5.26 Å². The van der Waals surface area contributed by atoms with E-state index in [1.54, 1.807) is 12.1 Å². The molecule has 30 heavy (non-hydrogen) atoms. The van der Waals surface area contributed by atoms with Gasteiger partial charge in [0, 0.05) is 18.9 Å². The maximum Gasteiger partial charge on any atom is 0.243 e. The molecule has 2 aliphatic heterocycles. The van der Waals surface area contributed by atoms with Crippen LogP contribution in [0.5, 0.6) is 0 Å². The Morgan fingerprint density at radius 1 is 1.27 bits per heavy atom. The van der Waals surface area contributed by atoms with Crippen LogP contribution in [-0.4, -0.2) is 43.0 Å². The molecule has 1 aliphatic carbocycles. The summed E-state index contributed by atoms with van der Waals surface area (Å²) in [7, 11) is 0. The number of rotatable bonds is 7. The first kappa shape index (κ1) is 20.6. The van der Waals surface area contributed by atoms with E-state index >= 15 is 0 Å². The second-order valence-corrected chi connectivity index (χ2v) is 8.64. The summed E-state index contributed by atoms with van der Waals surface area (Å²) in [5.74, 6) is -0.524. The summed E-state index contributed by atoms with van der Waals surface area (Å²) < 4.78 is 14.0. The van der Waals surface area contributed by atoms with Gasteiger partial charge >= 0.3 is 0 Å². The summed E-state index contributed by atoms with van der Waals surface area (Å²) >= 11 is 0. The molecule has 3 aliphatic rings. The highest BCUT2D eigenvalue weighted by molar-refractivity contribution is 5.92. The number of para-hydroxylation sites is 1. The third kappa shape index (κ3) is 4.73. The molecule has 4 unspecified atom stereocenters. The number of nitriles is 1. The smallest absolute Gasteiger partial charge is 0.243 e. The quantitative estimate of drug-likeness (QED) is 0.542. The van der Waals surface area contributed by atoms with Crippen molar-refractivity contribution in [3.8, 4) is 6.07 Å². The maximum atomic E-state index is 14.0. The number of halogens is 1. The standard InChI is InChI=1S/C22H28FN5O2/c23-16-5-1-3-14-10-18(26-20(14)16)22(30)27-17(9-13-6-7-13)21(29)28-19(11-24)15-4-2-8-25-12-15/h1,3,5,13,15,17-19,25-26H,2,4,6-10,12H2,(H,27,30)(H,28,29). The SMILES string of the molecule is N#CC(NC(=O)C(CC1CC1)NC(=O)C1Cc2cccc(F)c2N1)C1CCCNC1. The van der Waals surface area contributed by atoms with Crippen LogP contribution in [0.15, 0.2) is 18.2 Å². The van der Waals surface area contributed by atoms with Crippen LogP contribution in [0.3, 0.4) is 0 Å². The molecule has 2 fully saturated rings. The largest absolute Gasteiger partial charge is 0.371 e. The molecule has 160 valence electrons. The minimum atomic E-state index is -0.687. The molecule has 4 atom stereocenters. The topological polar surface area (TPSA) is 106 Å². The third-order valence-corrected chi connectivity index (χ3v) is 6.30. The number of fused-ring (bicyclic) bond motifs is 1. The third-order valence-electron chi connectivity index (χ3n) is 6.30. The molecule has 0 aromatic heterocycles. The van der Waals surface area contributed by atoms with Crippen LogP contribution in [0, 0.1) is 29.0 Å². The van der Waals surface area contributed by atoms with Crippen LogP contribution in [0.4, 0.5) is 10.1 Å². The van der Waals surface area contributed by atoms with E-state index in [9.17, 15) is 19.2 Å². The van der Waals surface area contributed by atoms with Crippen molar-refractivity contribution in [3.63, 3.8) is 0 Å². The lowest BCUT2D eigenvalue weighted by atomic mass is 9.92. The monoisotopic (exact) mass is 413 g/mol. The number of hydrogen-bond donors (Lipinski definition) is 4. The zero-order chi connectivity index (χ0) is 21.1. The molecule has 1 aromatic rings. The first-order chi connectivity index (χ1) is 14.5. The van der Waals surface area contributed by atoms with Crippen LogP contribution >= 0.6 is 0 Å². The van der Waals surface area contributed by atoms with E-state index in [-0.39, 0.29) is 23.5 Å². The maximum absolute atomic E-state index is 14.0. The Bertz CT molecular complexity index is 844. The fraction of sp³-hybridized carbons (Fsp3) is 0.591. The second kappa shape index (κ2) is 9.00. The van der Waals surface area contributed by atoms with Crippen LogP contribution in [0.1, 0.15) is 37.7 Å². The van der Waals surface area contributed by atoms with Gasteiger partial charge < -0.3 is 21.3 Å². The molecule has 7 nitrogen and oxygen atoms in total. The molecule has 1 aromatic carbocycles. The van der Waals surface area contributed by atoms with E-state index in [1.165, 1.54) is 6.07 Å². The van der Waals surface area contributed by atoms with E-state index in [4.69, 9.17) is 0 Å². The second-order valence-electron chi connectivity index (χ2n) is 8.64. The Balaban J connectivity index is 1.38. The van der Waals surface area contributed by atoms with Gasteiger partial charge in [0.1, 0.15) is 23.9 Å². The van der Waals surface area contributed by atoms with Gasteiger partial charge in [0.05, 0.1) is 11.8 Å². The van der Waals surface area contributed by atoms with Crippen molar-refractivity contribution in [2.45, 2.75) is 56.7 Å². The number of amides is 2. The van der Waals surface area contributed by atoms with Gasteiger partial charge in [0.15, 0.2) is 0 Å². The fourth-order valence-electron chi connectivity index (χ4n) is 4.37. The van der Waals surface area contributed by atoms with E-state index in [0.717, 1.165) is 37.8 Å². The molecule has 2 heterocycles. The highest BCUT2D eigenvalue weighted by Crippen LogP contribution is 2.34. The first-order valence-electron chi connectivity index (χ1n) is 10.8. The molecule has 0 spiro atoms. The predicted molar refractivity (Wildman–Crippen MR) is 110 cm³/mol. The minimum Gasteiger partial charge on any atom is -0.371 e. The van der Waals surface area contributed by atoms with Gasteiger partial charge in [-0.15, -0.1) is 0 Å². The van der Waals surface area contributed by atoms with Gasteiger partial charge in [-0.05, 0) is 43.4 Å². The van der Waals surface area contributed by atoms with Crippen molar-refractivity contribution in [1.29, 1.82) is 5.26 Å². The molecule has 2 amide bonds. The summed E-state index contributed by atoms with van der Waals surface area (Å²) in [5.41, 5.74) is 1.11. The molecule has 0 bridgehead atoms.